The Kier molecular flexibility index (Phi) is 16.3. The molecule has 2 saturated carbocycles. The molecule has 1 spiro atoms. The zero-order chi connectivity index (χ0) is 31.9. The average molecular weight is 603 g/mol. The van der Waals surface area contributed by atoms with Crippen molar-refractivity contribution in [2.24, 2.45) is 17.3 Å². The van der Waals surface area contributed by atoms with Gasteiger partial charge in [-0.25, -0.2) is 0 Å². The number of ether oxygens (including phenoxy) is 1. The maximum absolute atomic E-state index is 12.4. The molecule has 2 fully saturated rings. The first-order chi connectivity index (χ1) is 20.6. The summed E-state index contributed by atoms with van der Waals surface area (Å²) >= 11 is 0. The Morgan fingerprint density at radius 2 is 2.00 bits per heavy atom. The third kappa shape index (κ3) is 9.54. The summed E-state index contributed by atoms with van der Waals surface area (Å²) in [5.74, 6) is -0.533. The first-order valence-corrected chi connectivity index (χ1v) is 16.1. The number of aldehydes is 1. The number of nitrogens with one attached hydrogen (secondary N) is 2. The fourth-order valence-corrected chi connectivity index (χ4v) is 7.42. The summed E-state index contributed by atoms with van der Waals surface area (Å²) < 4.78 is 5.44. The number of carbonyl (C=O) groups excluding carboxylic acids is 1. The summed E-state index contributed by atoms with van der Waals surface area (Å²) in [5, 5.41) is 50.3. The minimum absolute atomic E-state index is 0.00360. The zero-order valence-corrected chi connectivity index (χ0v) is 27.0. The lowest BCUT2D eigenvalue weighted by molar-refractivity contribution is -0.180. The fourth-order valence-electron chi connectivity index (χ4n) is 7.42. The quantitative estimate of drug-likeness (QED) is 0.0428. The van der Waals surface area contributed by atoms with Crippen molar-refractivity contribution in [3.8, 4) is 0 Å². The zero-order valence-electron chi connectivity index (χ0n) is 27.0. The Labute approximate surface area is 259 Å². The van der Waals surface area contributed by atoms with Crippen molar-refractivity contribution in [3.05, 3.63) is 58.7 Å². The van der Waals surface area contributed by atoms with Gasteiger partial charge in [-0.2, -0.15) is 0 Å². The van der Waals surface area contributed by atoms with Gasteiger partial charge in [0.15, 0.2) is 0 Å². The summed E-state index contributed by atoms with van der Waals surface area (Å²) in [5.41, 5.74) is 2.76. The third-order valence-electron chi connectivity index (χ3n) is 9.71. The lowest BCUT2D eigenvalue weighted by Crippen LogP contribution is -2.61. The minimum Gasteiger partial charge on any atom is -0.396 e. The highest BCUT2D eigenvalue weighted by molar-refractivity contribution is 5.74. The number of carbonyl (C=O) groups is 1. The van der Waals surface area contributed by atoms with E-state index in [4.69, 9.17) is 4.74 Å². The molecule has 0 saturated heterocycles. The standard InChI is InChI=1S/C35H58N2O6/c1-6-37-22-27(3)12-7-10-26(2)11-8-13-29(24-43-25-40)31-16-18-35(33(31)41)32(14-9-21-38)30(28(4)23-39)15-17-34(35,42)19-20-36-5/h8,11-13,23,31-33,36-38,40-42H,2,6-7,9-10,14-22,24-25H2,1,3-5H3/b11-8+,27-12+,29-13-,30-28-/t31-,32-,33+,34-,35+/m0/s1. The molecule has 0 radical (unpaired) electrons. The first kappa shape index (κ1) is 37.3. The topological polar surface area (TPSA) is 131 Å². The maximum atomic E-state index is 12.4. The minimum atomic E-state index is -1.15. The number of hydrogen-bond donors (Lipinski definition) is 6. The predicted octanol–water partition coefficient (Wildman–Crippen LogP) is 4.12. The van der Waals surface area contributed by atoms with Gasteiger partial charge in [0.2, 0.25) is 0 Å². The van der Waals surface area contributed by atoms with E-state index in [0.29, 0.717) is 57.1 Å². The molecule has 0 amide bonds. The molecule has 2 rings (SSSR count). The van der Waals surface area contributed by atoms with Gasteiger partial charge < -0.3 is 35.8 Å². The van der Waals surface area contributed by atoms with Crippen LogP contribution < -0.4 is 10.6 Å². The number of aliphatic hydroxyl groups is 4. The fraction of sp³-hybridized carbons (Fsp3) is 0.686. The normalized spacial score (nSPS) is 29.5. The molecular weight excluding hydrogens is 544 g/mol. The largest absolute Gasteiger partial charge is 0.396 e. The molecule has 0 bridgehead atoms. The molecule has 5 atom stereocenters. The smallest absolute Gasteiger partial charge is 0.145 e. The van der Waals surface area contributed by atoms with Crippen molar-refractivity contribution in [1.29, 1.82) is 0 Å². The van der Waals surface area contributed by atoms with Crippen LogP contribution in [0.2, 0.25) is 0 Å². The maximum Gasteiger partial charge on any atom is 0.145 e. The molecule has 0 aromatic rings. The molecule has 0 aromatic heterocycles. The highest BCUT2D eigenvalue weighted by Crippen LogP contribution is 2.63. The molecular formula is C35H58N2O6. The van der Waals surface area contributed by atoms with Gasteiger partial charge >= 0.3 is 0 Å². The second kappa shape index (κ2) is 18.8. The molecule has 8 heteroatoms. The van der Waals surface area contributed by atoms with Gasteiger partial charge in [0, 0.05) is 24.5 Å². The Morgan fingerprint density at radius 1 is 1.23 bits per heavy atom. The van der Waals surface area contributed by atoms with Gasteiger partial charge in [-0.05, 0) is 109 Å². The van der Waals surface area contributed by atoms with Crippen LogP contribution in [0.1, 0.15) is 78.6 Å². The molecule has 244 valence electrons. The predicted molar refractivity (Wildman–Crippen MR) is 173 cm³/mol. The Hall–Kier alpha value is -1.91. The van der Waals surface area contributed by atoms with Crippen molar-refractivity contribution in [2.45, 2.75) is 90.3 Å². The Balaban J connectivity index is 2.41. The molecule has 0 unspecified atom stereocenters. The molecule has 0 aromatic carbocycles. The lowest BCUT2D eigenvalue weighted by atomic mass is 9.51. The van der Waals surface area contributed by atoms with Crippen molar-refractivity contribution in [1.82, 2.24) is 10.6 Å². The van der Waals surface area contributed by atoms with Crippen LogP contribution in [-0.4, -0.2) is 85.1 Å². The number of aliphatic hydroxyl groups excluding tert-OH is 3. The van der Waals surface area contributed by atoms with Crippen LogP contribution in [0.5, 0.6) is 0 Å². The van der Waals surface area contributed by atoms with E-state index in [1.165, 1.54) is 5.57 Å². The van der Waals surface area contributed by atoms with Crippen LogP contribution in [-0.2, 0) is 9.53 Å². The van der Waals surface area contributed by atoms with E-state index in [0.717, 1.165) is 48.9 Å². The van der Waals surface area contributed by atoms with Crippen LogP contribution in [0, 0.1) is 17.3 Å². The van der Waals surface area contributed by atoms with Gasteiger partial charge in [-0.15, -0.1) is 0 Å². The van der Waals surface area contributed by atoms with E-state index in [-0.39, 0.29) is 25.0 Å². The van der Waals surface area contributed by atoms with Crippen molar-refractivity contribution >= 4 is 6.29 Å². The van der Waals surface area contributed by atoms with Gasteiger partial charge in [0.1, 0.15) is 13.1 Å². The van der Waals surface area contributed by atoms with Gasteiger partial charge in [-0.3, -0.25) is 4.79 Å². The molecule has 2 aliphatic rings. The van der Waals surface area contributed by atoms with Crippen LogP contribution in [0.15, 0.2) is 58.7 Å². The van der Waals surface area contributed by atoms with Crippen LogP contribution in [0.4, 0.5) is 0 Å². The van der Waals surface area contributed by atoms with Gasteiger partial charge in [0.25, 0.3) is 0 Å². The van der Waals surface area contributed by atoms with Crippen molar-refractivity contribution in [3.63, 3.8) is 0 Å². The Morgan fingerprint density at radius 3 is 2.65 bits per heavy atom. The number of allylic oxidation sites excluding steroid dienone is 7. The van der Waals surface area contributed by atoms with E-state index in [1.807, 2.05) is 32.2 Å². The molecule has 2 aliphatic carbocycles. The lowest BCUT2D eigenvalue weighted by Gasteiger charge is -2.57. The van der Waals surface area contributed by atoms with E-state index in [1.54, 1.807) is 0 Å². The summed E-state index contributed by atoms with van der Waals surface area (Å²) in [6.45, 7) is 12.4. The third-order valence-corrected chi connectivity index (χ3v) is 9.71. The SMILES string of the molecule is C=C(/C=C/C=C(/COCO)[C@@H]1CC[C@]2([C@@H]1O)[C@@H](CCCO)/C(=C(/C)C=O)CC[C@]2(O)CCNC)CC/C=C(\C)CNCC. The molecule has 0 aliphatic heterocycles. The summed E-state index contributed by atoms with van der Waals surface area (Å²) in [4.78, 5) is 11.9. The highest BCUT2D eigenvalue weighted by atomic mass is 16.6. The number of rotatable bonds is 19. The second-order valence-electron chi connectivity index (χ2n) is 12.4. The average Bonchev–Trinajstić information content (AvgIpc) is 3.34. The monoisotopic (exact) mass is 602 g/mol. The van der Waals surface area contributed by atoms with E-state index < -0.39 is 23.9 Å². The summed E-state index contributed by atoms with van der Waals surface area (Å²) in [6.07, 6.45) is 13.7. The first-order valence-electron chi connectivity index (χ1n) is 16.1. The van der Waals surface area contributed by atoms with E-state index in [2.05, 4.69) is 37.1 Å². The van der Waals surface area contributed by atoms with Crippen LogP contribution in [0.3, 0.4) is 0 Å². The van der Waals surface area contributed by atoms with E-state index >= 15 is 0 Å². The van der Waals surface area contributed by atoms with Crippen molar-refractivity contribution in [2.75, 3.05) is 46.7 Å². The number of hydrogen-bond acceptors (Lipinski definition) is 8. The van der Waals surface area contributed by atoms with E-state index in [9.17, 15) is 25.2 Å². The highest BCUT2D eigenvalue weighted by Gasteiger charge is 2.65. The molecule has 0 heterocycles. The second-order valence-corrected chi connectivity index (χ2v) is 12.4. The number of likely N-dealkylation sites (N-methyl/N-ethyl adjacent to an activating group) is 1. The van der Waals surface area contributed by atoms with Crippen LogP contribution >= 0.6 is 0 Å². The van der Waals surface area contributed by atoms with Crippen LogP contribution in [0.25, 0.3) is 0 Å². The van der Waals surface area contributed by atoms with Crippen molar-refractivity contribution < 1.29 is 30.0 Å². The summed E-state index contributed by atoms with van der Waals surface area (Å²) in [6, 6.07) is 0. The Bertz CT molecular complexity index is 1020. The molecule has 8 nitrogen and oxygen atoms in total. The van der Waals surface area contributed by atoms with Gasteiger partial charge in [0.05, 0.1) is 18.3 Å². The summed E-state index contributed by atoms with van der Waals surface area (Å²) in [7, 11) is 1.85. The molecule has 6 N–H and O–H groups in total. The van der Waals surface area contributed by atoms with Gasteiger partial charge in [-0.1, -0.05) is 54.5 Å². The molecule has 43 heavy (non-hydrogen) atoms.